The van der Waals surface area contributed by atoms with Crippen molar-refractivity contribution in [1.82, 2.24) is 16.0 Å². The third kappa shape index (κ3) is 12.7. The molecule has 6 unspecified atom stereocenters. The fourth-order valence-corrected chi connectivity index (χ4v) is 3.28. The molecule has 36 heavy (non-hydrogen) atoms. The van der Waals surface area contributed by atoms with Gasteiger partial charge in [0.1, 0.15) is 18.1 Å². The molecule has 0 saturated carbocycles. The Morgan fingerprint density at radius 3 is 2.00 bits per heavy atom. The molecule has 0 radical (unpaired) electrons. The minimum atomic E-state index is -1.39. The Hall–Kier alpha value is -2.97. The molecular formula is C22H44N8O6. The minimum Gasteiger partial charge on any atom is -0.480 e. The highest BCUT2D eigenvalue weighted by Crippen LogP contribution is 2.10. The second kappa shape index (κ2) is 17.5. The van der Waals surface area contributed by atoms with Crippen molar-refractivity contribution in [1.29, 1.82) is 0 Å². The number of carbonyl (C=O) groups is 4. The number of aliphatic imine (C=N–C) groups is 1. The molecular weight excluding hydrogens is 472 g/mol. The summed E-state index contributed by atoms with van der Waals surface area (Å²) >= 11 is 0. The average Bonchev–Trinajstić information content (AvgIpc) is 2.81. The molecule has 0 bridgehead atoms. The van der Waals surface area contributed by atoms with Gasteiger partial charge in [0.05, 0.1) is 12.1 Å². The van der Waals surface area contributed by atoms with E-state index in [1.54, 1.807) is 13.8 Å². The topological polar surface area (TPSA) is 261 Å². The summed E-state index contributed by atoms with van der Waals surface area (Å²) < 4.78 is 0. The van der Waals surface area contributed by atoms with E-state index < -0.39 is 54.0 Å². The molecule has 14 nitrogen and oxygen atoms in total. The first kappa shape index (κ1) is 33.0. The van der Waals surface area contributed by atoms with Crippen LogP contribution in [0.4, 0.5) is 0 Å². The van der Waals surface area contributed by atoms with E-state index in [0.717, 1.165) is 0 Å². The Morgan fingerprint density at radius 1 is 0.889 bits per heavy atom. The average molecular weight is 517 g/mol. The molecule has 0 aromatic rings. The number of nitrogens with two attached hydrogens (primary N) is 4. The van der Waals surface area contributed by atoms with E-state index in [1.165, 1.54) is 6.92 Å². The fraction of sp³-hybridized carbons (Fsp3) is 0.773. The van der Waals surface area contributed by atoms with Crippen LogP contribution in [0.25, 0.3) is 0 Å². The number of carboxylic acids is 1. The molecule has 0 rings (SSSR count). The molecule has 0 aliphatic carbocycles. The summed E-state index contributed by atoms with van der Waals surface area (Å²) in [4.78, 5) is 53.8. The Bertz CT molecular complexity index is 744. The van der Waals surface area contributed by atoms with E-state index >= 15 is 0 Å². The van der Waals surface area contributed by atoms with Gasteiger partial charge in [-0.05, 0) is 45.1 Å². The maximum Gasteiger partial charge on any atom is 0.326 e. The van der Waals surface area contributed by atoms with Gasteiger partial charge in [0, 0.05) is 6.54 Å². The minimum absolute atomic E-state index is 0.0697. The highest BCUT2D eigenvalue weighted by atomic mass is 16.4. The van der Waals surface area contributed by atoms with Crippen LogP contribution < -0.4 is 38.9 Å². The normalized spacial score (nSPS) is 15.9. The number of aliphatic carboxylic acids is 1. The van der Waals surface area contributed by atoms with Crippen molar-refractivity contribution in [3.05, 3.63) is 0 Å². The van der Waals surface area contributed by atoms with Gasteiger partial charge in [-0.25, -0.2) is 4.79 Å². The molecule has 0 heterocycles. The van der Waals surface area contributed by atoms with Crippen molar-refractivity contribution >= 4 is 29.7 Å². The van der Waals surface area contributed by atoms with Gasteiger partial charge in [0.25, 0.3) is 0 Å². The molecule has 0 aliphatic heterocycles. The first-order valence-corrected chi connectivity index (χ1v) is 12.2. The van der Waals surface area contributed by atoms with Crippen molar-refractivity contribution in [2.75, 3.05) is 13.1 Å². The molecule has 0 aromatic heterocycles. The van der Waals surface area contributed by atoms with E-state index in [0.29, 0.717) is 32.2 Å². The van der Waals surface area contributed by atoms with Gasteiger partial charge in [-0.2, -0.15) is 0 Å². The third-order valence-electron chi connectivity index (χ3n) is 5.72. The second-order valence-electron chi connectivity index (χ2n) is 8.84. The fourth-order valence-electron chi connectivity index (χ4n) is 3.28. The van der Waals surface area contributed by atoms with E-state index in [-0.39, 0.29) is 31.3 Å². The molecule has 13 N–H and O–H groups in total. The number of hydrogen-bond acceptors (Lipinski definition) is 8. The van der Waals surface area contributed by atoms with Gasteiger partial charge in [0.15, 0.2) is 5.96 Å². The number of nitrogens with zero attached hydrogens (tertiary/aromatic N) is 1. The van der Waals surface area contributed by atoms with Gasteiger partial charge in [-0.3, -0.25) is 19.4 Å². The zero-order valence-electron chi connectivity index (χ0n) is 21.4. The molecule has 0 aliphatic rings. The highest BCUT2D eigenvalue weighted by Gasteiger charge is 2.33. The number of aliphatic hydroxyl groups excluding tert-OH is 1. The van der Waals surface area contributed by atoms with Crippen molar-refractivity contribution in [3.8, 4) is 0 Å². The standard InChI is InChI=1S/C22H44N8O6/c1-4-12(2)16(21(35)36)29-19(33)15(9-7-11-27-22(25)26)28-20(34)17(13(3)31)30-18(32)14(24)8-5-6-10-23/h12-17,31H,4-11,23-24H2,1-3H3,(H,28,34)(H,29,33)(H,30,32)(H,35,36)(H4,25,26,27). The lowest BCUT2D eigenvalue weighted by Gasteiger charge is -2.27. The Labute approximate surface area is 212 Å². The number of amides is 3. The Kier molecular flexibility index (Phi) is 16.0. The zero-order chi connectivity index (χ0) is 27.8. The number of guanidine groups is 1. The number of hydrogen-bond donors (Lipinski definition) is 9. The van der Waals surface area contributed by atoms with Crippen LogP contribution in [0.2, 0.25) is 0 Å². The number of nitrogens with one attached hydrogen (secondary N) is 3. The SMILES string of the molecule is CCC(C)C(NC(=O)C(CCCN=C(N)N)NC(=O)C(NC(=O)C(N)CCCCN)C(C)O)C(=O)O. The van der Waals surface area contributed by atoms with Crippen LogP contribution >= 0.6 is 0 Å². The second-order valence-corrected chi connectivity index (χ2v) is 8.84. The molecule has 3 amide bonds. The number of rotatable bonds is 18. The van der Waals surface area contributed by atoms with E-state index in [2.05, 4.69) is 20.9 Å². The van der Waals surface area contributed by atoms with E-state index in [1.807, 2.05) is 0 Å². The molecule has 0 aromatic carbocycles. The zero-order valence-corrected chi connectivity index (χ0v) is 21.4. The van der Waals surface area contributed by atoms with Crippen LogP contribution in [-0.2, 0) is 19.2 Å². The summed E-state index contributed by atoms with van der Waals surface area (Å²) in [6, 6.07) is -4.64. The van der Waals surface area contributed by atoms with Crippen LogP contribution in [0.1, 0.15) is 59.3 Å². The first-order chi connectivity index (χ1) is 16.8. The maximum absolute atomic E-state index is 13.0. The molecule has 0 spiro atoms. The number of carbonyl (C=O) groups excluding carboxylic acids is 3. The van der Waals surface area contributed by atoms with Gasteiger partial charge in [0.2, 0.25) is 17.7 Å². The van der Waals surface area contributed by atoms with E-state index in [9.17, 15) is 29.4 Å². The van der Waals surface area contributed by atoms with Crippen molar-refractivity contribution in [2.24, 2.45) is 33.8 Å². The summed E-state index contributed by atoms with van der Waals surface area (Å²) in [5, 5.41) is 27.0. The summed E-state index contributed by atoms with van der Waals surface area (Å²) in [5.74, 6) is -3.90. The van der Waals surface area contributed by atoms with Crippen LogP contribution in [0.15, 0.2) is 4.99 Å². The monoisotopic (exact) mass is 516 g/mol. The first-order valence-electron chi connectivity index (χ1n) is 12.2. The van der Waals surface area contributed by atoms with Crippen molar-refractivity contribution in [3.63, 3.8) is 0 Å². The summed E-state index contributed by atoms with van der Waals surface area (Å²) in [6.07, 6.45) is 1.21. The van der Waals surface area contributed by atoms with Crippen LogP contribution in [-0.4, -0.2) is 83.2 Å². The van der Waals surface area contributed by atoms with Gasteiger partial charge >= 0.3 is 5.97 Å². The van der Waals surface area contributed by atoms with Gasteiger partial charge in [-0.1, -0.05) is 26.7 Å². The summed E-state index contributed by atoms with van der Waals surface area (Å²) in [5.41, 5.74) is 21.9. The largest absolute Gasteiger partial charge is 0.480 e. The van der Waals surface area contributed by atoms with Gasteiger partial charge in [-0.15, -0.1) is 0 Å². The van der Waals surface area contributed by atoms with Crippen molar-refractivity contribution in [2.45, 2.75) is 89.6 Å². The quantitative estimate of drug-likeness (QED) is 0.0523. The molecule has 6 atom stereocenters. The smallest absolute Gasteiger partial charge is 0.326 e. The number of aliphatic hydroxyl groups is 1. The molecule has 0 saturated heterocycles. The molecule has 14 heteroatoms. The number of carboxylic acid groups (broad SMARTS) is 1. The summed E-state index contributed by atoms with van der Waals surface area (Å²) in [7, 11) is 0. The van der Waals surface area contributed by atoms with Crippen molar-refractivity contribution < 1.29 is 29.4 Å². The Balaban J connectivity index is 5.53. The maximum atomic E-state index is 13.0. The third-order valence-corrected chi connectivity index (χ3v) is 5.72. The Morgan fingerprint density at radius 2 is 1.50 bits per heavy atom. The number of unbranched alkanes of at least 4 members (excludes halogenated alkanes) is 1. The predicted molar refractivity (Wildman–Crippen MR) is 135 cm³/mol. The van der Waals surface area contributed by atoms with E-state index in [4.69, 9.17) is 22.9 Å². The highest BCUT2D eigenvalue weighted by molar-refractivity contribution is 5.94. The van der Waals surface area contributed by atoms with Crippen LogP contribution in [0.3, 0.4) is 0 Å². The van der Waals surface area contributed by atoms with Crippen LogP contribution in [0, 0.1) is 5.92 Å². The predicted octanol–water partition coefficient (Wildman–Crippen LogP) is -2.54. The van der Waals surface area contributed by atoms with Gasteiger partial charge < -0.3 is 49.1 Å². The molecule has 208 valence electrons. The summed E-state index contributed by atoms with van der Waals surface area (Å²) in [6.45, 7) is 5.41. The lowest BCUT2D eigenvalue weighted by molar-refractivity contribution is -0.144. The van der Waals surface area contributed by atoms with Crippen LogP contribution in [0.5, 0.6) is 0 Å². The lowest BCUT2D eigenvalue weighted by Crippen LogP contribution is -2.60. The molecule has 0 fully saturated rings. The lowest BCUT2D eigenvalue weighted by atomic mass is 9.98.